The number of hydrogen-bond donors (Lipinski definition) is 2. The Morgan fingerprint density at radius 3 is 3.07 bits per heavy atom. The molecule has 1 fully saturated rings. The van der Waals surface area contributed by atoms with Gasteiger partial charge in [-0.25, -0.2) is 4.98 Å². The van der Waals surface area contributed by atoms with Crippen molar-refractivity contribution in [2.45, 2.75) is 6.04 Å². The summed E-state index contributed by atoms with van der Waals surface area (Å²) >= 11 is 5.76. The molecule has 0 spiro atoms. The second-order valence-electron chi connectivity index (χ2n) is 3.24. The number of nitrogens with one attached hydrogen (secondary N) is 2. The van der Waals surface area contributed by atoms with Crippen LogP contribution in [0.25, 0.3) is 0 Å². The number of nitrogens with zero attached hydrogens (tertiary/aromatic N) is 1. The summed E-state index contributed by atoms with van der Waals surface area (Å²) in [5.74, 6) is -0.449. The van der Waals surface area contributed by atoms with E-state index < -0.39 is 5.95 Å². The van der Waals surface area contributed by atoms with Crippen LogP contribution < -0.4 is 10.6 Å². The first-order valence-corrected chi connectivity index (χ1v) is 4.90. The molecule has 0 saturated carbocycles. The molecule has 1 aromatic rings. The van der Waals surface area contributed by atoms with Crippen molar-refractivity contribution >= 4 is 11.6 Å². The van der Waals surface area contributed by atoms with E-state index in [-0.39, 0.29) is 6.04 Å². The molecule has 1 aromatic heterocycles. The predicted octanol–water partition coefficient (Wildman–Crippen LogP) is 1.11. The van der Waals surface area contributed by atoms with E-state index in [9.17, 15) is 4.39 Å². The molecule has 2 heterocycles. The van der Waals surface area contributed by atoms with Gasteiger partial charge in [0.2, 0.25) is 5.95 Å². The van der Waals surface area contributed by atoms with Gasteiger partial charge in [0.25, 0.3) is 0 Å². The zero-order valence-corrected chi connectivity index (χ0v) is 8.31. The Kier molecular flexibility index (Phi) is 2.96. The van der Waals surface area contributed by atoms with Crippen LogP contribution in [0.2, 0.25) is 5.02 Å². The first-order chi connectivity index (χ1) is 6.77. The zero-order chi connectivity index (χ0) is 9.97. The number of pyridine rings is 1. The first kappa shape index (κ1) is 9.83. The molecule has 1 saturated heterocycles. The molecule has 1 aliphatic rings. The number of rotatable bonds is 1. The molecule has 2 rings (SSSR count). The summed E-state index contributed by atoms with van der Waals surface area (Å²) in [6.07, 6.45) is 1.32. The number of aromatic nitrogens is 1. The monoisotopic (exact) mass is 215 g/mol. The van der Waals surface area contributed by atoms with Crippen molar-refractivity contribution in [3.05, 3.63) is 28.8 Å². The standard InChI is InChI=1S/C9H11ClFN3/c10-6-3-7(9(11)14-4-6)8-5-12-1-2-13-8/h3-4,8,12-13H,1-2,5H2/t8-/m0/s1. The molecule has 2 N–H and O–H groups in total. The van der Waals surface area contributed by atoms with Crippen molar-refractivity contribution < 1.29 is 4.39 Å². The fourth-order valence-corrected chi connectivity index (χ4v) is 1.72. The van der Waals surface area contributed by atoms with Crippen molar-refractivity contribution in [2.75, 3.05) is 19.6 Å². The Hall–Kier alpha value is -0.710. The van der Waals surface area contributed by atoms with Crippen molar-refractivity contribution in [1.82, 2.24) is 15.6 Å². The average Bonchev–Trinajstić information content (AvgIpc) is 2.23. The Balaban J connectivity index is 2.24. The molecule has 3 nitrogen and oxygen atoms in total. The van der Waals surface area contributed by atoms with Gasteiger partial charge in [-0.1, -0.05) is 11.6 Å². The van der Waals surface area contributed by atoms with Gasteiger partial charge in [-0.05, 0) is 6.07 Å². The molecular formula is C9H11ClFN3. The lowest BCUT2D eigenvalue weighted by molar-refractivity contribution is 0.411. The fraction of sp³-hybridized carbons (Fsp3) is 0.444. The zero-order valence-electron chi connectivity index (χ0n) is 7.56. The molecule has 0 aliphatic carbocycles. The van der Waals surface area contributed by atoms with E-state index in [1.807, 2.05) is 0 Å². The molecule has 76 valence electrons. The van der Waals surface area contributed by atoms with Crippen LogP contribution in [0.4, 0.5) is 4.39 Å². The van der Waals surface area contributed by atoms with E-state index in [1.165, 1.54) is 6.20 Å². The van der Waals surface area contributed by atoms with Crippen LogP contribution in [0.15, 0.2) is 12.3 Å². The van der Waals surface area contributed by atoms with E-state index in [2.05, 4.69) is 15.6 Å². The van der Waals surface area contributed by atoms with Crippen LogP contribution in [0.5, 0.6) is 0 Å². The van der Waals surface area contributed by atoms with E-state index in [0.29, 0.717) is 17.1 Å². The lowest BCUT2D eigenvalue weighted by Crippen LogP contribution is -2.43. The van der Waals surface area contributed by atoms with Gasteiger partial charge < -0.3 is 10.6 Å². The maximum absolute atomic E-state index is 13.3. The van der Waals surface area contributed by atoms with Crippen molar-refractivity contribution in [3.8, 4) is 0 Å². The Labute approximate surface area is 86.7 Å². The number of halogens is 2. The third kappa shape index (κ3) is 2.03. The van der Waals surface area contributed by atoms with Gasteiger partial charge in [0.05, 0.1) is 5.02 Å². The van der Waals surface area contributed by atoms with Crippen LogP contribution in [0, 0.1) is 5.95 Å². The lowest BCUT2D eigenvalue weighted by atomic mass is 10.1. The number of hydrogen-bond acceptors (Lipinski definition) is 3. The van der Waals surface area contributed by atoms with E-state index in [0.717, 1.165) is 13.1 Å². The Morgan fingerprint density at radius 1 is 1.50 bits per heavy atom. The molecule has 0 unspecified atom stereocenters. The Morgan fingerprint density at radius 2 is 2.36 bits per heavy atom. The molecule has 0 bridgehead atoms. The van der Waals surface area contributed by atoms with Crippen molar-refractivity contribution in [1.29, 1.82) is 0 Å². The summed E-state index contributed by atoms with van der Waals surface area (Å²) in [5, 5.41) is 6.85. The van der Waals surface area contributed by atoms with Gasteiger partial charge in [-0.3, -0.25) is 0 Å². The maximum atomic E-state index is 13.3. The van der Waals surface area contributed by atoms with Crippen LogP contribution in [0.1, 0.15) is 11.6 Å². The summed E-state index contributed by atoms with van der Waals surface area (Å²) in [6.45, 7) is 2.45. The second kappa shape index (κ2) is 4.21. The molecule has 1 atom stereocenters. The molecule has 0 aromatic carbocycles. The third-order valence-electron chi connectivity index (χ3n) is 2.25. The average molecular weight is 216 g/mol. The van der Waals surface area contributed by atoms with Gasteiger partial charge in [0.1, 0.15) is 0 Å². The minimum absolute atomic E-state index is 0.0325. The molecule has 5 heteroatoms. The van der Waals surface area contributed by atoms with Gasteiger partial charge in [0.15, 0.2) is 0 Å². The van der Waals surface area contributed by atoms with Gasteiger partial charge >= 0.3 is 0 Å². The van der Waals surface area contributed by atoms with Crippen LogP contribution in [-0.2, 0) is 0 Å². The van der Waals surface area contributed by atoms with Gasteiger partial charge in [0, 0.05) is 37.4 Å². The highest BCUT2D eigenvalue weighted by atomic mass is 35.5. The normalized spacial score (nSPS) is 22.3. The summed E-state index contributed by atoms with van der Waals surface area (Å²) in [6, 6.07) is 1.59. The summed E-state index contributed by atoms with van der Waals surface area (Å²) in [7, 11) is 0. The highest BCUT2D eigenvalue weighted by Crippen LogP contribution is 2.19. The highest BCUT2D eigenvalue weighted by Gasteiger charge is 2.18. The molecule has 0 radical (unpaired) electrons. The predicted molar refractivity (Wildman–Crippen MR) is 52.8 cm³/mol. The third-order valence-corrected chi connectivity index (χ3v) is 2.46. The molecule has 14 heavy (non-hydrogen) atoms. The van der Waals surface area contributed by atoms with E-state index >= 15 is 0 Å². The highest BCUT2D eigenvalue weighted by molar-refractivity contribution is 6.30. The molecule has 0 amide bonds. The SMILES string of the molecule is Fc1ncc(Cl)cc1[C@@H]1CNCCN1. The van der Waals surface area contributed by atoms with Crippen LogP contribution in [0.3, 0.4) is 0 Å². The largest absolute Gasteiger partial charge is 0.314 e. The second-order valence-corrected chi connectivity index (χ2v) is 3.68. The van der Waals surface area contributed by atoms with E-state index in [1.54, 1.807) is 6.07 Å². The van der Waals surface area contributed by atoms with Crippen molar-refractivity contribution in [3.63, 3.8) is 0 Å². The molecular weight excluding hydrogens is 205 g/mol. The minimum Gasteiger partial charge on any atom is -0.314 e. The van der Waals surface area contributed by atoms with Gasteiger partial charge in [-0.15, -0.1) is 0 Å². The van der Waals surface area contributed by atoms with E-state index in [4.69, 9.17) is 11.6 Å². The summed E-state index contributed by atoms with van der Waals surface area (Å²) in [4.78, 5) is 3.59. The van der Waals surface area contributed by atoms with Crippen LogP contribution in [-0.4, -0.2) is 24.6 Å². The summed E-state index contributed by atoms with van der Waals surface area (Å²) in [5.41, 5.74) is 0.532. The van der Waals surface area contributed by atoms with Crippen LogP contribution >= 0.6 is 11.6 Å². The lowest BCUT2D eigenvalue weighted by Gasteiger charge is -2.24. The fourth-order valence-electron chi connectivity index (χ4n) is 1.56. The molecule has 1 aliphatic heterocycles. The summed E-state index contributed by atoms with van der Waals surface area (Å²) < 4.78 is 13.3. The quantitative estimate of drug-likeness (QED) is 0.690. The maximum Gasteiger partial charge on any atom is 0.217 e. The Bertz CT molecular complexity index is 326. The van der Waals surface area contributed by atoms with Crippen molar-refractivity contribution in [2.24, 2.45) is 0 Å². The number of piperazine rings is 1. The smallest absolute Gasteiger partial charge is 0.217 e. The first-order valence-electron chi connectivity index (χ1n) is 4.52. The van der Waals surface area contributed by atoms with Gasteiger partial charge in [-0.2, -0.15) is 4.39 Å². The topological polar surface area (TPSA) is 37.0 Å². The minimum atomic E-state index is -0.449.